The zero-order chi connectivity index (χ0) is 13.1. The van der Waals surface area contributed by atoms with Crippen LogP contribution >= 0.6 is 22.6 Å². The molecule has 0 saturated heterocycles. The molecule has 0 aliphatic carbocycles. The Balaban J connectivity index is 2.16. The van der Waals surface area contributed by atoms with E-state index in [2.05, 4.69) is 10.3 Å². The van der Waals surface area contributed by atoms with Crippen LogP contribution in [0.1, 0.15) is 10.4 Å². The van der Waals surface area contributed by atoms with Gasteiger partial charge in [-0.05, 0) is 52.9 Å². The van der Waals surface area contributed by atoms with Gasteiger partial charge in [0.15, 0.2) is 0 Å². The summed E-state index contributed by atoms with van der Waals surface area (Å²) >= 11 is 1.98. The molecular weight excluding hydrogens is 345 g/mol. The lowest BCUT2D eigenvalue weighted by atomic mass is 10.2. The first kappa shape index (κ1) is 12.6. The summed E-state index contributed by atoms with van der Waals surface area (Å²) in [5.41, 5.74) is 6.39. The van der Waals surface area contributed by atoms with Crippen LogP contribution in [0.2, 0.25) is 0 Å². The van der Waals surface area contributed by atoms with Crippen molar-refractivity contribution in [3.63, 3.8) is 0 Å². The van der Waals surface area contributed by atoms with Crippen LogP contribution in [0, 0.1) is 3.57 Å². The minimum Gasteiger partial charge on any atom is -0.507 e. The number of aromatic hydroxyl groups is 1. The van der Waals surface area contributed by atoms with Crippen LogP contribution in [-0.2, 0) is 0 Å². The molecule has 5 nitrogen and oxygen atoms in total. The first-order valence-corrected chi connectivity index (χ1v) is 6.15. The Morgan fingerprint density at radius 2 is 2.11 bits per heavy atom. The van der Waals surface area contributed by atoms with Crippen molar-refractivity contribution in [2.45, 2.75) is 0 Å². The number of phenols is 1. The van der Waals surface area contributed by atoms with Gasteiger partial charge in [0.25, 0.3) is 5.91 Å². The number of nitrogens with two attached hydrogens (primary N) is 1. The molecule has 1 aromatic heterocycles. The maximum absolute atomic E-state index is 11.9. The van der Waals surface area contributed by atoms with Gasteiger partial charge in [-0.2, -0.15) is 0 Å². The average molecular weight is 355 g/mol. The second kappa shape index (κ2) is 5.21. The summed E-state index contributed by atoms with van der Waals surface area (Å²) in [7, 11) is 0. The van der Waals surface area contributed by atoms with Crippen molar-refractivity contribution >= 4 is 40.0 Å². The lowest BCUT2D eigenvalue weighted by Crippen LogP contribution is -2.12. The molecule has 0 bridgehead atoms. The maximum Gasteiger partial charge on any atom is 0.256 e. The number of phenolic OH excluding ortho intramolecular Hbond substituents is 1. The molecule has 0 unspecified atom stereocenters. The summed E-state index contributed by atoms with van der Waals surface area (Å²) in [4.78, 5) is 15.8. The number of carbonyl (C=O) groups excluding carboxylic acids is 1. The zero-order valence-electron chi connectivity index (χ0n) is 9.22. The van der Waals surface area contributed by atoms with E-state index >= 15 is 0 Å². The summed E-state index contributed by atoms with van der Waals surface area (Å²) < 4.78 is 0.690. The Morgan fingerprint density at radius 1 is 1.33 bits per heavy atom. The second-order valence-electron chi connectivity index (χ2n) is 3.60. The zero-order valence-corrected chi connectivity index (χ0v) is 11.4. The van der Waals surface area contributed by atoms with Gasteiger partial charge in [-0.1, -0.05) is 0 Å². The number of hydrogen-bond donors (Lipinski definition) is 3. The molecule has 1 aromatic carbocycles. The van der Waals surface area contributed by atoms with Gasteiger partial charge in [-0.25, -0.2) is 4.98 Å². The van der Waals surface area contributed by atoms with E-state index in [1.807, 2.05) is 22.6 Å². The molecule has 0 radical (unpaired) electrons. The van der Waals surface area contributed by atoms with Gasteiger partial charge in [0.05, 0.1) is 15.5 Å². The third-order valence-electron chi connectivity index (χ3n) is 2.24. The van der Waals surface area contributed by atoms with Gasteiger partial charge in [-0.3, -0.25) is 4.79 Å². The van der Waals surface area contributed by atoms with Crippen molar-refractivity contribution in [2.75, 3.05) is 11.1 Å². The van der Waals surface area contributed by atoms with E-state index in [9.17, 15) is 9.90 Å². The molecule has 0 aliphatic heterocycles. The third-order valence-corrected chi connectivity index (χ3v) is 3.15. The number of nitrogens with one attached hydrogen (secondary N) is 1. The maximum atomic E-state index is 11.9. The van der Waals surface area contributed by atoms with Crippen LogP contribution in [-0.4, -0.2) is 16.0 Å². The first-order chi connectivity index (χ1) is 8.56. The van der Waals surface area contributed by atoms with Gasteiger partial charge in [0.1, 0.15) is 11.6 Å². The van der Waals surface area contributed by atoms with E-state index in [4.69, 9.17) is 5.73 Å². The van der Waals surface area contributed by atoms with Crippen molar-refractivity contribution in [1.29, 1.82) is 0 Å². The van der Waals surface area contributed by atoms with Crippen LogP contribution in [0.15, 0.2) is 36.5 Å². The highest BCUT2D eigenvalue weighted by atomic mass is 127. The molecule has 6 heteroatoms. The van der Waals surface area contributed by atoms with E-state index in [1.54, 1.807) is 24.3 Å². The van der Waals surface area contributed by atoms with Crippen LogP contribution in [0.3, 0.4) is 0 Å². The highest BCUT2D eigenvalue weighted by Gasteiger charge is 2.08. The Kier molecular flexibility index (Phi) is 3.66. The standard InChI is InChI=1S/C12H10IN3O2/c13-9-3-1-7(5-10(9)17)12(18)16-11-4-2-8(14)6-15-11/h1-6,17H,14H2,(H,15,16,18). The number of halogens is 1. The van der Waals surface area contributed by atoms with E-state index in [0.29, 0.717) is 20.6 Å². The molecule has 18 heavy (non-hydrogen) atoms. The summed E-state index contributed by atoms with van der Waals surface area (Å²) in [5.74, 6) is 0.153. The second-order valence-corrected chi connectivity index (χ2v) is 4.76. The van der Waals surface area contributed by atoms with Crippen LogP contribution in [0.25, 0.3) is 0 Å². The highest BCUT2D eigenvalue weighted by Crippen LogP contribution is 2.21. The lowest BCUT2D eigenvalue weighted by molar-refractivity contribution is 0.102. The highest BCUT2D eigenvalue weighted by molar-refractivity contribution is 14.1. The van der Waals surface area contributed by atoms with Gasteiger partial charge in [-0.15, -0.1) is 0 Å². The monoisotopic (exact) mass is 355 g/mol. The predicted octanol–water partition coefficient (Wildman–Crippen LogP) is 2.23. The number of rotatable bonds is 2. The SMILES string of the molecule is Nc1ccc(NC(=O)c2ccc(I)c(O)c2)nc1. The van der Waals surface area contributed by atoms with Crippen LogP contribution in [0.5, 0.6) is 5.75 Å². The van der Waals surface area contributed by atoms with E-state index in [1.165, 1.54) is 12.3 Å². The van der Waals surface area contributed by atoms with Gasteiger partial charge >= 0.3 is 0 Å². The van der Waals surface area contributed by atoms with Gasteiger partial charge < -0.3 is 16.2 Å². The number of nitrogens with zero attached hydrogens (tertiary/aromatic N) is 1. The van der Waals surface area contributed by atoms with Crippen molar-refractivity contribution in [3.8, 4) is 5.75 Å². The van der Waals surface area contributed by atoms with Crippen molar-refractivity contribution < 1.29 is 9.90 Å². The Bertz CT molecular complexity index is 584. The Morgan fingerprint density at radius 3 is 2.72 bits per heavy atom. The number of benzene rings is 1. The summed E-state index contributed by atoms with van der Waals surface area (Å²) in [6.07, 6.45) is 1.46. The van der Waals surface area contributed by atoms with E-state index in [-0.39, 0.29) is 11.7 Å². The van der Waals surface area contributed by atoms with Crippen LogP contribution < -0.4 is 11.1 Å². The number of carbonyl (C=O) groups is 1. The van der Waals surface area contributed by atoms with Crippen molar-refractivity contribution in [3.05, 3.63) is 45.7 Å². The summed E-state index contributed by atoms with van der Waals surface area (Å²) in [6.45, 7) is 0. The molecule has 0 atom stereocenters. The fourth-order valence-corrected chi connectivity index (χ4v) is 1.66. The number of hydrogen-bond acceptors (Lipinski definition) is 4. The number of pyridine rings is 1. The summed E-state index contributed by atoms with van der Waals surface area (Å²) in [5, 5.41) is 12.1. The first-order valence-electron chi connectivity index (χ1n) is 5.07. The molecule has 1 amide bonds. The lowest BCUT2D eigenvalue weighted by Gasteiger charge is -2.05. The number of anilines is 2. The van der Waals surface area contributed by atoms with Crippen LogP contribution in [0.4, 0.5) is 11.5 Å². The molecular formula is C12H10IN3O2. The largest absolute Gasteiger partial charge is 0.507 e. The minimum atomic E-state index is -0.334. The quantitative estimate of drug-likeness (QED) is 0.721. The fourth-order valence-electron chi connectivity index (χ4n) is 1.32. The Labute approximate surface area is 117 Å². The van der Waals surface area contributed by atoms with Gasteiger partial charge in [0, 0.05) is 5.56 Å². The summed E-state index contributed by atoms with van der Waals surface area (Å²) in [6, 6.07) is 7.97. The third kappa shape index (κ3) is 2.89. The minimum absolute atomic E-state index is 0.0773. The molecule has 2 rings (SSSR count). The molecule has 0 saturated carbocycles. The van der Waals surface area contributed by atoms with E-state index in [0.717, 1.165) is 0 Å². The molecule has 92 valence electrons. The smallest absolute Gasteiger partial charge is 0.256 e. The fraction of sp³-hybridized carbons (Fsp3) is 0. The topological polar surface area (TPSA) is 88.2 Å². The number of nitrogen functional groups attached to an aromatic ring is 1. The molecule has 4 N–H and O–H groups in total. The average Bonchev–Trinajstić information content (AvgIpc) is 2.35. The molecule has 0 fully saturated rings. The number of aromatic nitrogens is 1. The van der Waals surface area contributed by atoms with Gasteiger partial charge in [0.2, 0.25) is 0 Å². The normalized spacial score (nSPS) is 10.1. The number of amides is 1. The predicted molar refractivity (Wildman–Crippen MR) is 77.4 cm³/mol. The van der Waals surface area contributed by atoms with E-state index < -0.39 is 0 Å². The van der Waals surface area contributed by atoms with Crippen molar-refractivity contribution in [2.24, 2.45) is 0 Å². The molecule has 2 aromatic rings. The molecule has 1 heterocycles. The Hall–Kier alpha value is -1.83. The molecule has 0 aliphatic rings. The molecule has 0 spiro atoms. The van der Waals surface area contributed by atoms with Crippen molar-refractivity contribution in [1.82, 2.24) is 4.98 Å².